The van der Waals surface area contributed by atoms with Gasteiger partial charge in [0.15, 0.2) is 0 Å². The average Bonchev–Trinajstić information content (AvgIpc) is 2.81. The molecule has 2 heterocycles. The highest BCUT2D eigenvalue weighted by molar-refractivity contribution is 5.97. The number of nitrogens with zero attached hydrogens (tertiary/aromatic N) is 2. The number of carbonyl (C=O) groups excluding carboxylic acids is 2. The van der Waals surface area contributed by atoms with Gasteiger partial charge in [0, 0.05) is 18.0 Å². The highest BCUT2D eigenvalue weighted by Crippen LogP contribution is 2.43. The number of hydrogen-bond donors (Lipinski definition) is 1. The third-order valence-corrected chi connectivity index (χ3v) is 6.53. The fourth-order valence-electron chi connectivity index (χ4n) is 4.96. The second-order valence-electron chi connectivity index (χ2n) is 8.32. The quantitative estimate of drug-likeness (QED) is 0.691. The summed E-state index contributed by atoms with van der Waals surface area (Å²) in [6, 6.07) is 23.1. The van der Waals surface area contributed by atoms with Crippen molar-refractivity contribution in [1.82, 2.24) is 9.80 Å². The Morgan fingerprint density at radius 2 is 1.59 bits per heavy atom. The molecule has 3 atom stereocenters. The molecule has 5 rings (SSSR count). The van der Waals surface area contributed by atoms with Crippen molar-refractivity contribution in [3.8, 4) is 11.1 Å². The molecule has 0 bridgehead atoms. The van der Waals surface area contributed by atoms with Crippen LogP contribution in [0.2, 0.25) is 0 Å². The van der Waals surface area contributed by atoms with Gasteiger partial charge >= 0.3 is 0 Å². The van der Waals surface area contributed by atoms with Gasteiger partial charge < -0.3 is 14.9 Å². The highest BCUT2D eigenvalue weighted by atomic mass is 19.1. The molecule has 1 N–H and O–H groups in total. The third-order valence-electron chi connectivity index (χ3n) is 6.53. The van der Waals surface area contributed by atoms with E-state index in [1.165, 1.54) is 29.2 Å². The van der Waals surface area contributed by atoms with E-state index in [9.17, 15) is 19.1 Å². The Morgan fingerprint density at radius 3 is 2.25 bits per heavy atom. The Hall–Kier alpha value is -3.51. The van der Waals surface area contributed by atoms with Crippen LogP contribution in [0.15, 0.2) is 78.9 Å². The summed E-state index contributed by atoms with van der Waals surface area (Å²) in [6.45, 7) is 0.214. The normalized spacial score (nSPS) is 22.3. The number of amides is 2. The van der Waals surface area contributed by atoms with Gasteiger partial charge in [0.25, 0.3) is 5.91 Å². The standard InChI is InChI=1S/C26H23FN2O3/c27-21-12-10-20(11-13-21)26(32)28-14-22-25(23(16-30)29(22)24(31)15-28)19-8-6-18(7-9-19)17-4-2-1-3-5-17/h1-13,22-23,25,30H,14-16H2/t22-,23+,25+/m1/s1. The first-order valence-electron chi connectivity index (χ1n) is 10.7. The highest BCUT2D eigenvalue weighted by Gasteiger charge is 2.54. The smallest absolute Gasteiger partial charge is 0.254 e. The molecule has 2 aliphatic heterocycles. The molecule has 0 saturated carbocycles. The Labute approximate surface area is 185 Å². The van der Waals surface area contributed by atoms with Gasteiger partial charge in [-0.25, -0.2) is 4.39 Å². The Balaban J connectivity index is 1.38. The molecular formula is C26H23FN2O3. The van der Waals surface area contributed by atoms with Crippen LogP contribution in [0.25, 0.3) is 11.1 Å². The fourth-order valence-corrected chi connectivity index (χ4v) is 4.96. The molecule has 0 aliphatic carbocycles. The topological polar surface area (TPSA) is 60.9 Å². The predicted molar refractivity (Wildman–Crippen MR) is 118 cm³/mol. The minimum atomic E-state index is -0.411. The first kappa shape index (κ1) is 20.4. The van der Waals surface area contributed by atoms with Crippen molar-refractivity contribution in [2.75, 3.05) is 19.7 Å². The number of fused-ring (bicyclic) bond motifs is 1. The van der Waals surface area contributed by atoms with Crippen molar-refractivity contribution in [2.45, 2.75) is 18.0 Å². The van der Waals surface area contributed by atoms with Crippen LogP contribution in [-0.4, -0.2) is 58.5 Å². The SMILES string of the molecule is O=C(c1ccc(F)cc1)N1CC(=O)N2[C@H](C1)[C@H](c1ccc(-c3ccccc3)cc1)[C@@H]2CO. The van der Waals surface area contributed by atoms with Crippen molar-refractivity contribution in [3.63, 3.8) is 0 Å². The molecule has 32 heavy (non-hydrogen) atoms. The van der Waals surface area contributed by atoms with E-state index in [4.69, 9.17) is 0 Å². The zero-order valence-electron chi connectivity index (χ0n) is 17.4. The minimum Gasteiger partial charge on any atom is -0.394 e. The third kappa shape index (κ3) is 3.46. The minimum absolute atomic E-state index is 0.0388. The Morgan fingerprint density at radius 1 is 0.938 bits per heavy atom. The van der Waals surface area contributed by atoms with Crippen LogP contribution in [-0.2, 0) is 4.79 Å². The summed E-state index contributed by atoms with van der Waals surface area (Å²) >= 11 is 0. The van der Waals surface area contributed by atoms with Gasteiger partial charge in [-0.2, -0.15) is 0 Å². The number of carbonyl (C=O) groups is 2. The number of aliphatic hydroxyl groups excluding tert-OH is 1. The average molecular weight is 430 g/mol. The van der Waals surface area contributed by atoms with E-state index in [2.05, 4.69) is 12.1 Å². The zero-order valence-corrected chi connectivity index (χ0v) is 17.4. The van der Waals surface area contributed by atoms with E-state index in [0.717, 1.165) is 16.7 Å². The second-order valence-corrected chi connectivity index (χ2v) is 8.32. The van der Waals surface area contributed by atoms with Crippen molar-refractivity contribution in [3.05, 3.63) is 95.8 Å². The fraction of sp³-hybridized carbons (Fsp3) is 0.231. The predicted octanol–water partition coefficient (Wildman–Crippen LogP) is 3.30. The van der Waals surface area contributed by atoms with Gasteiger partial charge in [-0.1, -0.05) is 54.6 Å². The molecule has 2 fully saturated rings. The molecule has 3 aromatic carbocycles. The van der Waals surface area contributed by atoms with E-state index in [1.54, 1.807) is 4.90 Å². The monoisotopic (exact) mass is 430 g/mol. The van der Waals surface area contributed by atoms with E-state index < -0.39 is 5.82 Å². The van der Waals surface area contributed by atoms with Crippen LogP contribution in [0.3, 0.4) is 0 Å². The molecule has 0 radical (unpaired) electrons. The maximum Gasteiger partial charge on any atom is 0.254 e. The molecule has 6 heteroatoms. The van der Waals surface area contributed by atoms with Crippen molar-refractivity contribution >= 4 is 11.8 Å². The van der Waals surface area contributed by atoms with Crippen molar-refractivity contribution in [1.29, 1.82) is 0 Å². The van der Waals surface area contributed by atoms with Crippen LogP contribution in [0.1, 0.15) is 21.8 Å². The maximum atomic E-state index is 13.2. The number of piperazine rings is 1. The first-order chi connectivity index (χ1) is 15.6. The maximum absolute atomic E-state index is 13.2. The lowest BCUT2D eigenvalue weighted by Gasteiger charge is -2.58. The summed E-state index contributed by atoms with van der Waals surface area (Å²) in [7, 11) is 0. The van der Waals surface area contributed by atoms with Gasteiger partial charge in [0.05, 0.1) is 18.7 Å². The molecule has 2 amide bonds. The van der Waals surface area contributed by atoms with Crippen LogP contribution in [0, 0.1) is 5.82 Å². The van der Waals surface area contributed by atoms with Crippen LogP contribution < -0.4 is 0 Å². The summed E-state index contributed by atoms with van der Waals surface area (Å²) < 4.78 is 13.2. The van der Waals surface area contributed by atoms with Gasteiger partial charge in [-0.05, 0) is 41.0 Å². The molecule has 162 valence electrons. The lowest BCUT2D eigenvalue weighted by Crippen LogP contribution is -2.73. The van der Waals surface area contributed by atoms with Crippen LogP contribution in [0.4, 0.5) is 4.39 Å². The Bertz CT molecular complexity index is 1130. The first-order valence-corrected chi connectivity index (χ1v) is 10.7. The molecule has 5 nitrogen and oxygen atoms in total. The lowest BCUT2D eigenvalue weighted by atomic mass is 9.73. The molecule has 0 aromatic heterocycles. The molecule has 0 unspecified atom stereocenters. The summed E-state index contributed by atoms with van der Waals surface area (Å²) in [6.07, 6.45) is 0. The van der Waals surface area contributed by atoms with Gasteiger partial charge in [-0.15, -0.1) is 0 Å². The zero-order chi connectivity index (χ0) is 22.2. The second kappa shape index (κ2) is 8.20. The summed E-state index contributed by atoms with van der Waals surface area (Å²) in [5.74, 6) is -0.930. The van der Waals surface area contributed by atoms with E-state index in [1.807, 2.05) is 42.5 Å². The lowest BCUT2D eigenvalue weighted by molar-refractivity contribution is -0.159. The Kier molecular flexibility index (Phi) is 5.23. The van der Waals surface area contributed by atoms with Gasteiger partial charge in [0.1, 0.15) is 12.4 Å². The summed E-state index contributed by atoms with van der Waals surface area (Å²) in [4.78, 5) is 29.0. The number of benzene rings is 3. The van der Waals surface area contributed by atoms with E-state index in [0.29, 0.717) is 12.1 Å². The van der Waals surface area contributed by atoms with Gasteiger partial charge in [0.2, 0.25) is 5.91 Å². The summed E-state index contributed by atoms with van der Waals surface area (Å²) in [5.41, 5.74) is 3.61. The van der Waals surface area contributed by atoms with Crippen molar-refractivity contribution < 1.29 is 19.1 Å². The van der Waals surface area contributed by atoms with Crippen LogP contribution >= 0.6 is 0 Å². The van der Waals surface area contributed by atoms with E-state index >= 15 is 0 Å². The number of halogens is 1. The molecular weight excluding hydrogens is 407 g/mol. The van der Waals surface area contributed by atoms with Crippen molar-refractivity contribution in [2.24, 2.45) is 0 Å². The molecule has 2 aliphatic rings. The number of rotatable bonds is 4. The molecule has 3 aromatic rings. The number of hydrogen-bond acceptors (Lipinski definition) is 3. The number of aliphatic hydroxyl groups is 1. The van der Waals surface area contributed by atoms with E-state index in [-0.39, 0.29) is 43.0 Å². The molecule has 0 spiro atoms. The van der Waals surface area contributed by atoms with Crippen LogP contribution in [0.5, 0.6) is 0 Å². The molecule has 2 saturated heterocycles. The largest absolute Gasteiger partial charge is 0.394 e. The summed E-state index contributed by atoms with van der Waals surface area (Å²) in [5, 5.41) is 9.98. The van der Waals surface area contributed by atoms with Gasteiger partial charge in [-0.3, -0.25) is 9.59 Å².